The normalized spacial score (nSPS) is 12.8. The lowest BCUT2D eigenvalue weighted by Gasteiger charge is -1.99. The Kier molecular flexibility index (Phi) is 8.35. The summed E-state index contributed by atoms with van der Waals surface area (Å²) >= 11 is 0. The summed E-state index contributed by atoms with van der Waals surface area (Å²) in [5.74, 6) is 0.332. The fourth-order valence-corrected chi connectivity index (χ4v) is 1.76. The lowest BCUT2D eigenvalue weighted by molar-refractivity contribution is 0.475. The van der Waals surface area contributed by atoms with Crippen LogP contribution in [0.4, 0.5) is 0 Å². The van der Waals surface area contributed by atoms with Crippen molar-refractivity contribution in [3.05, 3.63) is 41.6 Å². The van der Waals surface area contributed by atoms with Gasteiger partial charge < -0.3 is 15.7 Å². The van der Waals surface area contributed by atoms with Crippen LogP contribution < -0.4 is 10.6 Å². The lowest BCUT2D eigenvalue weighted by Crippen LogP contribution is -2.09. The molecule has 110 valence electrons. The van der Waals surface area contributed by atoms with Gasteiger partial charge in [-0.3, -0.25) is 4.99 Å². The fourth-order valence-electron chi connectivity index (χ4n) is 1.76. The standard InChI is InChI=1S/C9H13NO.C7H12N2/c1-10-7-6-8-2-4-9(11)5-3-8;1-8-6-4-7-3-2-5-9-7/h2-5,10-11H,6-7H2,1H3;3,5,8H,2,4,6H2,1H3. The van der Waals surface area contributed by atoms with Crippen LogP contribution in [-0.4, -0.2) is 38.5 Å². The molecule has 0 aromatic heterocycles. The number of likely N-dealkylation sites (N-methyl/N-ethyl adjacent to an activating group) is 1. The molecule has 1 aliphatic heterocycles. The van der Waals surface area contributed by atoms with E-state index in [-0.39, 0.29) is 0 Å². The van der Waals surface area contributed by atoms with Crippen molar-refractivity contribution in [3.8, 4) is 5.75 Å². The molecule has 0 spiro atoms. The predicted molar refractivity (Wildman–Crippen MR) is 85.5 cm³/mol. The van der Waals surface area contributed by atoms with Crippen molar-refractivity contribution in [1.29, 1.82) is 0 Å². The summed E-state index contributed by atoms with van der Waals surface area (Å²) < 4.78 is 0. The molecule has 2 rings (SSSR count). The molecule has 1 heterocycles. The Hall–Kier alpha value is -1.65. The molecule has 1 aromatic carbocycles. The Labute approximate surface area is 121 Å². The summed E-state index contributed by atoms with van der Waals surface area (Å²) in [7, 11) is 3.89. The van der Waals surface area contributed by atoms with Gasteiger partial charge >= 0.3 is 0 Å². The third-order valence-corrected chi connectivity index (χ3v) is 2.95. The Morgan fingerprint density at radius 1 is 1.05 bits per heavy atom. The highest BCUT2D eigenvalue weighted by Crippen LogP contribution is 2.09. The van der Waals surface area contributed by atoms with Crippen molar-refractivity contribution in [3.63, 3.8) is 0 Å². The monoisotopic (exact) mass is 275 g/mol. The number of benzene rings is 1. The van der Waals surface area contributed by atoms with Crippen LogP contribution in [0.5, 0.6) is 5.75 Å². The van der Waals surface area contributed by atoms with Crippen LogP contribution in [0.3, 0.4) is 0 Å². The second kappa shape index (κ2) is 10.2. The first kappa shape index (κ1) is 16.4. The Balaban J connectivity index is 0.000000204. The van der Waals surface area contributed by atoms with Crippen LogP contribution in [0.2, 0.25) is 0 Å². The van der Waals surface area contributed by atoms with E-state index >= 15 is 0 Å². The molecule has 0 saturated heterocycles. The van der Waals surface area contributed by atoms with E-state index in [1.165, 1.54) is 11.3 Å². The molecule has 0 radical (unpaired) electrons. The number of phenolic OH excluding ortho intramolecular Hbond substituents is 1. The molecule has 0 fully saturated rings. The lowest BCUT2D eigenvalue weighted by atomic mass is 10.1. The number of aliphatic imine (C=N–C) groups is 1. The summed E-state index contributed by atoms with van der Waals surface area (Å²) in [6, 6.07) is 7.30. The minimum absolute atomic E-state index is 0.332. The van der Waals surface area contributed by atoms with Crippen molar-refractivity contribution < 1.29 is 5.11 Å². The maximum absolute atomic E-state index is 8.97. The predicted octanol–water partition coefficient (Wildman–Crippen LogP) is 2.11. The van der Waals surface area contributed by atoms with Crippen LogP contribution in [0, 0.1) is 0 Å². The van der Waals surface area contributed by atoms with E-state index in [0.29, 0.717) is 5.75 Å². The van der Waals surface area contributed by atoms with Gasteiger partial charge in [0.1, 0.15) is 5.75 Å². The highest BCUT2D eigenvalue weighted by molar-refractivity contribution is 5.64. The number of nitrogens with one attached hydrogen (secondary N) is 2. The van der Waals surface area contributed by atoms with Crippen molar-refractivity contribution in [2.45, 2.75) is 19.3 Å². The highest BCUT2D eigenvalue weighted by Gasteiger charge is 1.96. The molecule has 0 aliphatic carbocycles. The SMILES string of the molecule is CNCCC1=CCC=N1.CNCCc1ccc(O)cc1. The molecule has 4 nitrogen and oxygen atoms in total. The summed E-state index contributed by atoms with van der Waals surface area (Å²) in [5, 5.41) is 15.1. The van der Waals surface area contributed by atoms with E-state index in [1.807, 2.05) is 32.4 Å². The second-order valence-corrected chi connectivity index (χ2v) is 4.62. The molecule has 1 aliphatic rings. The molecule has 0 amide bonds. The molecule has 20 heavy (non-hydrogen) atoms. The van der Waals surface area contributed by atoms with Gasteiger partial charge in [-0.1, -0.05) is 18.2 Å². The van der Waals surface area contributed by atoms with Gasteiger partial charge in [-0.15, -0.1) is 0 Å². The second-order valence-electron chi connectivity index (χ2n) is 4.62. The van der Waals surface area contributed by atoms with Gasteiger partial charge in [0, 0.05) is 31.3 Å². The maximum Gasteiger partial charge on any atom is 0.115 e. The zero-order valence-electron chi connectivity index (χ0n) is 12.4. The Bertz CT molecular complexity index is 424. The van der Waals surface area contributed by atoms with Crippen molar-refractivity contribution in [2.24, 2.45) is 4.99 Å². The number of phenols is 1. The first-order valence-corrected chi connectivity index (χ1v) is 7.05. The molecule has 3 N–H and O–H groups in total. The van der Waals surface area contributed by atoms with E-state index in [9.17, 15) is 0 Å². The first-order valence-electron chi connectivity index (χ1n) is 7.05. The van der Waals surface area contributed by atoms with Gasteiger partial charge in [0.15, 0.2) is 0 Å². The van der Waals surface area contributed by atoms with Crippen LogP contribution in [0.15, 0.2) is 41.0 Å². The average Bonchev–Trinajstić information content (AvgIpc) is 2.98. The third kappa shape index (κ3) is 7.07. The molecular weight excluding hydrogens is 250 g/mol. The Morgan fingerprint density at radius 3 is 2.25 bits per heavy atom. The van der Waals surface area contributed by atoms with Crippen LogP contribution in [0.1, 0.15) is 18.4 Å². The molecule has 0 atom stereocenters. The summed E-state index contributed by atoms with van der Waals surface area (Å²) in [4.78, 5) is 4.17. The molecule has 0 unspecified atom stereocenters. The minimum atomic E-state index is 0.332. The molecular formula is C16H25N3O. The van der Waals surface area contributed by atoms with E-state index in [2.05, 4.69) is 21.7 Å². The molecule has 1 aromatic rings. The van der Waals surface area contributed by atoms with E-state index < -0.39 is 0 Å². The van der Waals surface area contributed by atoms with Crippen molar-refractivity contribution in [1.82, 2.24) is 10.6 Å². The van der Waals surface area contributed by atoms with Gasteiger partial charge in [0.2, 0.25) is 0 Å². The number of nitrogens with zero attached hydrogens (tertiary/aromatic N) is 1. The van der Waals surface area contributed by atoms with Gasteiger partial charge in [-0.05, 0) is 44.8 Å². The first-order chi connectivity index (χ1) is 9.76. The van der Waals surface area contributed by atoms with Crippen LogP contribution >= 0.6 is 0 Å². The van der Waals surface area contributed by atoms with Crippen molar-refractivity contribution >= 4 is 6.21 Å². The van der Waals surface area contributed by atoms with Crippen LogP contribution in [-0.2, 0) is 6.42 Å². The maximum atomic E-state index is 8.97. The highest BCUT2D eigenvalue weighted by atomic mass is 16.3. The van der Waals surface area contributed by atoms with Gasteiger partial charge in [-0.2, -0.15) is 0 Å². The summed E-state index contributed by atoms with van der Waals surface area (Å²) in [5.41, 5.74) is 2.47. The van der Waals surface area contributed by atoms with Gasteiger partial charge in [0.05, 0.1) is 0 Å². The van der Waals surface area contributed by atoms with Crippen molar-refractivity contribution in [2.75, 3.05) is 27.2 Å². The van der Waals surface area contributed by atoms with Gasteiger partial charge in [-0.25, -0.2) is 0 Å². The summed E-state index contributed by atoms with van der Waals surface area (Å²) in [6.07, 6.45) is 7.21. The number of aromatic hydroxyl groups is 1. The fraction of sp³-hybridized carbons (Fsp3) is 0.438. The third-order valence-electron chi connectivity index (χ3n) is 2.95. The number of rotatable bonds is 6. The number of hydrogen-bond acceptors (Lipinski definition) is 4. The minimum Gasteiger partial charge on any atom is -0.508 e. The average molecular weight is 275 g/mol. The van der Waals surface area contributed by atoms with E-state index in [1.54, 1.807) is 12.1 Å². The molecule has 4 heteroatoms. The van der Waals surface area contributed by atoms with E-state index in [0.717, 1.165) is 32.4 Å². The van der Waals surface area contributed by atoms with E-state index in [4.69, 9.17) is 5.11 Å². The zero-order valence-corrected chi connectivity index (χ0v) is 12.4. The van der Waals surface area contributed by atoms with Gasteiger partial charge in [0.25, 0.3) is 0 Å². The quantitative estimate of drug-likeness (QED) is 0.745. The zero-order chi connectivity index (χ0) is 14.6. The number of hydrogen-bond donors (Lipinski definition) is 3. The Morgan fingerprint density at radius 2 is 1.70 bits per heavy atom. The smallest absolute Gasteiger partial charge is 0.115 e. The summed E-state index contributed by atoms with van der Waals surface area (Å²) in [6.45, 7) is 2.01. The number of allylic oxidation sites excluding steroid dienone is 1. The molecule has 0 bridgehead atoms. The topological polar surface area (TPSA) is 56.7 Å². The molecule has 0 saturated carbocycles. The largest absolute Gasteiger partial charge is 0.508 e. The van der Waals surface area contributed by atoms with Crippen LogP contribution in [0.25, 0.3) is 0 Å².